The van der Waals surface area contributed by atoms with Crippen LogP contribution in [0.15, 0.2) is 27.8 Å². The van der Waals surface area contributed by atoms with Gasteiger partial charge in [0.25, 0.3) is 0 Å². The molecule has 0 spiro atoms. The summed E-state index contributed by atoms with van der Waals surface area (Å²) < 4.78 is 5.66. The summed E-state index contributed by atoms with van der Waals surface area (Å²) in [6.45, 7) is 9.21. The van der Waals surface area contributed by atoms with Crippen LogP contribution in [0.1, 0.15) is 57.8 Å². The summed E-state index contributed by atoms with van der Waals surface area (Å²) in [5.41, 5.74) is 0. The Labute approximate surface area is 140 Å². The molecule has 130 valence electrons. The normalized spacial score (nSPS) is 17.4. The minimum absolute atomic E-state index is 0.249. The SMILES string of the molecule is CCCCCNC(=NCC(c1ccco1)N1CCCC1)NCC. The highest BCUT2D eigenvalue weighted by atomic mass is 16.3. The maximum absolute atomic E-state index is 5.66. The lowest BCUT2D eigenvalue weighted by Crippen LogP contribution is -2.38. The monoisotopic (exact) mass is 320 g/mol. The summed E-state index contributed by atoms with van der Waals surface area (Å²) in [5, 5.41) is 6.78. The van der Waals surface area contributed by atoms with E-state index in [0.29, 0.717) is 0 Å². The predicted octanol–water partition coefficient (Wildman–Crippen LogP) is 3.16. The van der Waals surface area contributed by atoms with Crippen LogP contribution in [-0.4, -0.2) is 43.6 Å². The number of aliphatic imine (C=N–C) groups is 1. The van der Waals surface area contributed by atoms with E-state index < -0.39 is 0 Å². The van der Waals surface area contributed by atoms with Crippen LogP contribution in [0.2, 0.25) is 0 Å². The van der Waals surface area contributed by atoms with Crippen molar-refractivity contribution in [1.82, 2.24) is 15.5 Å². The predicted molar refractivity (Wildman–Crippen MR) is 95.8 cm³/mol. The van der Waals surface area contributed by atoms with E-state index >= 15 is 0 Å². The second-order valence-electron chi connectivity index (χ2n) is 6.13. The Balaban J connectivity index is 1.95. The Kier molecular flexibility index (Phi) is 8.01. The second kappa shape index (κ2) is 10.3. The van der Waals surface area contributed by atoms with Gasteiger partial charge >= 0.3 is 0 Å². The summed E-state index contributed by atoms with van der Waals surface area (Å²) in [4.78, 5) is 7.29. The van der Waals surface area contributed by atoms with E-state index in [0.717, 1.165) is 44.4 Å². The Hall–Kier alpha value is -1.49. The van der Waals surface area contributed by atoms with Gasteiger partial charge in [0.1, 0.15) is 5.76 Å². The highest BCUT2D eigenvalue weighted by molar-refractivity contribution is 5.79. The molecule has 2 rings (SSSR count). The third-order valence-electron chi connectivity index (χ3n) is 4.29. The molecule has 5 nitrogen and oxygen atoms in total. The van der Waals surface area contributed by atoms with Gasteiger partial charge in [0.15, 0.2) is 5.96 Å². The third-order valence-corrected chi connectivity index (χ3v) is 4.29. The highest BCUT2D eigenvalue weighted by Crippen LogP contribution is 2.25. The van der Waals surface area contributed by atoms with Crippen molar-refractivity contribution in [2.45, 2.75) is 52.0 Å². The molecule has 2 heterocycles. The number of hydrogen-bond donors (Lipinski definition) is 2. The molecular formula is C18H32N4O. The van der Waals surface area contributed by atoms with E-state index in [2.05, 4.69) is 35.4 Å². The summed E-state index contributed by atoms with van der Waals surface area (Å²) in [6.07, 6.45) is 8.00. The molecule has 1 saturated heterocycles. The van der Waals surface area contributed by atoms with E-state index in [4.69, 9.17) is 9.41 Å². The topological polar surface area (TPSA) is 52.8 Å². The van der Waals surface area contributed by atoms with Crippen LogP contribution in [0.3, 0.4) is 0 Å². The van der Waals surface area contributed by atoms with Gasteiger partial charge in [0.05, 0.1) is 18.8 Å². The largest absolute Gasteiger partial charge is 0.468 e. The van der Waals surface area contributed by atoms with Crippen LogP contribution in [0.4, 0.5) is 0 Å². The zero-order valence-electron chi connectivity index (χ0n) is 14.7. The first-order valence-electron chi connectivity index (χ1n) is 9.14. The van der Waals surface area contributed by atoms with Crippen LogP contribution in [-0.2, 0) is 0 Å². The van der Waals surface area contributed by atoms with Crippen molar-refractivity contribution in [2.75, 3.05) is 32.7 Å². The highest BCUT2D eigenvalue weighted by Gasteiger charge is 2.25. The maximum Gasteiger partial charge on any atom is 0.191 e. The summed E-state index contributed by atoms with van der Waals surface area (Å²) in [6, 6.07) is 4.29. The molecule has 1 aromatic heterocycles. The molecule has 1 aliphatic heterocycles. The minimum atomic E-state index is 0.249. The van der Waals surface area contributed by atoms with Gasteiger partial charge in [-0.2, -0.15) is 0 Å². The molecule has 1 unspecified atom stereocenters. The minimum Gasteiger partial charge on any atom is -0.468 e. The Morgan fingerprint density at radius 2 is 2.09 bits per heavy atom. The number of unbranched alkanes of at least 4 members (excludes halogenated alkanes) is 2. The molecule has 2 N–H and O–H groups in total. The van der Waals surface area contributed by atoms with E-state index in [-0.39, 0.29) is 6.04 Å². The van der Waals surface area contributed by atoms with Gasteiger partial charge in [0, 0.05) is 13.1 Å². The molecule has 0 bridgehead atoms. The molecule has 1 atom stereocenters. The van der Waals surface area contributed by atoms with Crippen molar-refractivity contribution < 1.29 is 4.42 Å². The average Bonchev–Trinajstić information content (AvgIpc) is 3.25. The molecule has 23 heavy (non-hydrogen) atoms. The van der Waals surface area contributed by atoms with Gasteiger partial charge in [-0.3, -0.25) is 9.89 Å². The Bertz CT molecular complexity index is 438. The molecule has 0 saturated carbocycles. The molecule has 0 amide bonds. The molecule has 1 aromatic rings. The standard InChI is InChI=1S/C18H32N4O/c1-3-5-6-11-20-18(19-4-2)21-15-16(17-10-9-14-23-17)22-12-7-8-13-22/h9-10,14,16H,3-8,11-13,15H2,1-2H3,(H2,19,20,21). The van der Waals surface area contributed by atoms with Gasteiger partial charge in [-0.15, -0.1) is 0 Å². The zero-order chi connectivity index (χ0) is 16.3. The van der Waals surface area contributed by atoms with Crippen molar-refractivity contribution in [3.8, 4) is 0 Å². The van der Waals surface area contributed by atoms with Crippen molar-refractivity contribution >= 4 is 5.96 Å². The first kappa shape index (κ1) is 17.9. The smallest absolute Gasteiger partial charge is 0.191 e. The Morgan fingerprint density at radius 1 is 1.26 bits per heavy atom. The number of hydrogen-bond acceptors (Lipinski definition) is 3. The van der Waals surface area contributed by atoms with Crippen molar-refractivity contribution in [3.63, 3.8) is 0 Å². The molecule has 1 aliphatic rings. The second-order valence-corrected chi connectivity index (χ2v) is 6.13. The van der Waals surface area contributed by atoms with Crippen LogP contribution in [0, 0.1) is 0 Å². The fourth-order valence-electron chi connectivity index (χ4n) is 3.02. The zero-order valence-corrected chi connectivity index (χ0v) is 14.7. The van der Waals surface area contributed by atoms with E-state index in [9.17, 15) is 0 Å². The fraction of sp³-hybridized carbons (Fsp3) is 0.722. The molecule has 0 radical (unpaired) electrons. The molecule has 0 aromatic carbocycles. The fourth-order valence-corrected chi connectivity index (χ4v) is 3.02. The number of nitrogens with one attached hydrogen (secondary N) is 2. The average molecular weight is 320 g/mol. The third kappa shape index (κ3) is 5.90. The van der Waals surface area contributed by atoms with Crippen molar-refractivity contribution in [1.29, 1.82) is 0 Å². The van der Waals surface area contributed by atoms with E-state index in [1.54, 1.807) is 6.26 Å². The van der Waals surface area contributed by atoms with Crippen LogP contribution < -0.4 is 10.6 Å². The van der Waals surface area contributed by atoms with E-state index in [1.165, 1.54) is 32.1 Å². The van der Waals surface area contributed by atoms with Gasteiger partial charge in [-0.05, 0) is 51.4 Å². The summed E-state index contributed by atoms with van der Waals surface area (Å²) in [7, 11) is 0. The van der Waals surface area contributed by atoms with Gasteiger partial charge in [-0.25, -0.2) is 0 Å². The van der Waals surface area contributed by atoms with Gasteiger partial charge < -0.3 is 15.1 Å². The summed E-state index contributed by atoms with van der Waals surface area (Å²) >= 11 is 0. The Morgan fingerprint density at radius 3 is 2.74 bits per heavy atom. The van der Waals surface area contributed by atoms with Gasteiger partial charge in [-0.1, -0.05) is 19.8 Å². The molecular weight excluding hydrogens is 288 g/mol. The van der Waals surface area contributed by atoms with Crippen LogP contribution in [0.5, 0.6) is 0 Å². The van der Waals surface area contributed by atoms with Gasteiger partial charge in [0.2, 0.25) is 0 Å². The first-order valence-corrected chi connectivity index (χ1v) is 9.14. The number of guanidine groups is 1. The molecule has 5 heteroatoms. The van der Waals surface area contributed by atoms with Crippen LogP contribution in [0.25, 0.3) is 0 Å². The van der Waals surface area contributed by atoms with E-state index in [1.807, 2.05) is 6.07 Å². The number of furan rings is 1. The van der Waals surface area contributed by atoms with Crippen LogP contribution >= 0.6 is 0 Å². The summed E-state index contributed by atoms with van der Waals surface area (Å²) in [5.74, 6) is 1.94. The first-order chi connectivity index (χ1) is 11.3. The molecule has 1 fully saturated rings. The lowest BCUT2D eigenvalue weighted by atomic mass is 10.2. The van der Waals surface area contributed by atoms with Crippen molar-refractivity contribution in [2.24, 2.45) is 4.99 Å². The maximum atomic E-state index is 5.66. The quantitative estimate of drug-likeness (QED) is 0.417. The lowest BCUT2D eigenvalue weighted by Gasteiger charge is -2.24. The van der Waals surface area contributed by atoms with Crippen molar-refractivity contribution in [3.05, 3.63) is 24.2 Å². The molecule has 0 aliphatic carbocycles. The number of nitrogens with zero attached hydrogens (tertiary/aromatic N) is 2. The number of rotatable bonds is 9. The lowest BCUT2D eigenvalue weighted by molar-refractivity contribution is 0.221. The number of likely N-dealkylation sites (tertiary alicyclic amines) is 1.